The van der Waals surface area contributed by atoms with E-state index in [4.69, 9.17) is 10.3 Å². The van der Waals surface area contributed by atoms with Crippen molar-refractivity contribution in [3.05, 3.63) is 29.7 Å². The number of likely N-dealkylation sites (tertiary alicyclic amines) is 1. The number of rotatable bonds is 4. The molecule has 4 rings (SSSR count). The van der Waals surface area contributed by atoms with Crippen LogP contribution in [0, 0.1) is 11.7 Å². The normalized spacial score (nSPS) is 25.3. The Morgan fingerprint density at radius 1 is 1.12 bits per heavy atom. The lowest BCUT2D eigenvalue weighted by molar-refractivity contribution is 0.184. The summed E-state index contributed by atoms with van der Waals surface area (Å²) in [6.07, 6.45) is 8.45. The summed E-state index contributed by atoms with van der Waals surface area (Å²) in [6.45, 7) is 3.39. The number of piperidine rings is 1. The average molecular weight is 382 g/mol. The first-order chi connectivity index (χ1) is 12.2. The van der Waals surface area contributed by atoms with E-state index in [1.54, 1.807) is 12.1 Å². The van der Waals surface area contributed by atoms with Crippen LogP contribution in [0.25, 0.3) is 11.0 Å². The van der Waals surface area contributed by atoms with Crippen LogP contribution in [0.2, 0.25) is 0 Å². The zero-order valence-electron chi connectivity index (χ0n) is 15.2. The molecule has 0 amide bonds. The third-order valence-corrected chi connectivity index (χ3v) is 6.18. The zero-order chi connectivity index (χ0) is 17.2. The van der Waals surface area contributed by atoms with Gasteiger partial charge in [0.05, 0.1) is 5.69 Å². The monoisotopic (exact) mass is 381 g/mol. The Labute approximate surface area is 160 Å². The van der Waals surface area contributed by atoms with Crippen molar-refractivity contribution in [3.8, 4) is 0 Å². The lowest BCUT2D eigenvalue weighted by Crippen LogP contribution is -2.35. The molecule has 0 bridgehead atoms. The second-order valence-electron chi connectivity index (χ2n) is 7.89. The van der Waals surface area contributed by atoms with Crippen molar-refractivity contribution >= 4 is 23.4 Å². The second-order valence-corrected chi connectivity index (χ2v) is 7.89. The fraction of sp³-hybridized carbons (Fsp3) is 0.650. The molecule has 144 valence electrons. The van der Waals surface area contributed by atoms with Gasteiger partial charge in [0.25, 0.3) is 0 Å². The van der Waals surface area contributed by atoms with E-state index >= 15 is 0 Å². The van der Waals surface area contributed by atoms with Gasteiger partial charge in [0.2, 0.25) is 0 Å². The quantitative estimate of drug-likeness (QED) is 0.848. The second kappa shape index (κ2) is 8.68. The Kier molecular flexibility index (Phi) is 6.54. The predicted molar refractivity (Wildman–Crippen MR) is 104 cm³/mol. The molecule has 1 saturated heterocycles. The van der Waals surface area contributed by atoms with Crippen molar-refractivity contribution in [2.45, 2.75) is 56.9 Å². The molecule has 1 aliphatic heterocycles. The predicted octanol–water partition coefficient (Wildman–Crippen LogP) is 4.48. The van der Waals surface area contributed by atoms with Crippen molar-refractivity contribution in [2.75, 3.05) is 19.6 Å². The summed E-state index contributed by atoms with van der Waals surface area (Å²) in [6, 6.07) is 5.10. The van der Waals surface area contributed by atoms with Crippen LogP contribution in [-0.4, -0.2) is 35.7 Å². The molecule has 1 aromatic carbocycles. The van der Waals surface area contributed by atoms with Crippen molar-refractivity contribution in [3.63, 3.8) is 0 Å². The molecular formula is C20H29ClFN3O. The van der Waals surface area contributed by atoms with Crippen LogP contribution in [-0.2, 0) is 0 Å². The average Bonchev–Trinajstić information content (AvgIpc) is 3.05. The van der Waals surface area contributed by atoms with Crippen molar-refractivity contribution in [1.82, 2.24) is 10.1 Å². The van der Waals surface area contributed by atoms with E-state index in [-0.39, 0.29) is 18.2 Å². The van der Waals surface area contributed by atoms with Crippen LogP contribution in [0.5, 0.6) is 0 Å². The zero-order valence-corrected chi connectivity index (χ0v) is 16.0. The molecule has 1 saturated carbocycles. The number of fused-ring (bicyclic) bond motifs is 1. The molecule has 0 spiro atoms. The van der Waals surface area contributed by atoms with Crippen molar-refractivity contribution < 1.29 is 8.91 Å². The summed E-state index contributed by atoms with van der Waals surface area (Å²) in [5, 5.41) is 5.08. The first-order valence-electron chi connectivity index (χ1n) is 9.72. The molecule has 0 radical (unpaired) electrons. The Morgan fingerprint density at radius 2 is 1.85 bits per heavy atom. The maximum atomic E-state index is 13.5. The summed E-state index contributed by atoms with van der Waals surface area (Å²) in [4.78, 5) is 2.58. The number of benzene rings is 1. The number of nitrogens with zero attached hydrogens (tertiary/aromatic N) is 2. The number of hydrogen-bond donors (Lipinski definition) is 1. The van der Waals surface area contributed by atoms with Crippen LogP contribution in [0.15, 0.2) is 22.7 Å². The highest BCUT2D eigenvalue weighted by Gasteiger charge is 2.26. The van der Waals surface area contributed by atoms with Gasteiger partial charge in [-0.05, 0) is 88.7 Å². The minimum atomic E-state index is -0.221. The van der Waals surface area contributed by atoms with Gasteiger partial charge in [-0.15, -0.1) is 12.4 Å². The Morgan fingerprint density at radius 3 is 2.58 bits per heavy atom. The Bertz CT molecular complexity index is 706. The van der Waals surface area contributed by atoms with E-state index in [0.717, 1.165) is 42.9 Å². The topological polar surface area (TPSA) is 55.3 Å². The SMILES string of the molecule is Cl.NC1CCC(CCN2CCC(c3noc4ccc(F)cc34)CC2)CC1. The first-order valence-corrected chi connectivity index (χ1v) is 9.72. The summed E-state index contributed by atoms with van der Waals surface area (Å²) < 4.78 is 18.9. The van der Waals surface area contributed by atoms with Gasteiger partial charge in [-0.1, -0.05) is 5.16 Å². The van der Waals surface area contributed by atoms with E-state index < -0.39 is 0 Å². The third-order valence-electron chi connectivity index (χ3n) is 6.18. The van der Waals surface area contributed by atoms with Crippen molar-refractivity contribution in [1.29, 1.82) is 0 Å². The van der Waals surface area contributed by atoms with Gasteiger partial charge in [0.15, 0.2) is 5.58 Å². The van der Waals surface area contributed by atoms with E-state index in [2.05, 4.69) is 10.1 Å². The Balaban J connectivity index is 0.00000196. The van der Waals surface area contributed by atoms with Gasteiger partial charge < -0.3 is 15.2 Å². The molecule has 2 fully saturated rings. The summed E-state index contributed by atoms with van der Waals surface area (Å²) in [5.41, 5.74) is 7.63. The molecule has 2 heterocycles. The molecular weight excluding hydrogens is 353 g/mol. The van der Waals surface area contributed by atoms with E-state index in [0.29, 0.717) is 17.5 Å². The molecule has 2 aromatic rings. The molecule has 1 aromatic heterocycles. The molecule has 4 nitrogen and oxygen atoms in total. The number of aromatic nitrogens is 1. The maximum absolute atomic E-state index is 13.5. The lowest BCUT2D eigenvalue weighted by Gasteiger charge is -2.33. The lowest BCUT2D eigenvalue weighted by atomic mass is 9.84. The molecule has 2 aliphatic rings. The Hall–Kier alpha value is -1.17. The number of nitrogens with two attached hydrogens (primary N) is 1. The van der Waals surface area contributed by atoms with Crippen LogP contribution in [0.4, 0.5) is 4.39 Å². The van der Waals surface area contributed by atoms with E-state index in [1.165, 1.54) is 44.7 Å². The standard InChI is InChI=1S/C20H28FN3O.ClH/c21-16-3-6-19-18(13-16)20(23-25-19)15-8-11-24(12-9-15)10-7-14-1-4-17(22)5-2-14;/h3,6,13-15,17H,1-2,4-5,7-12,22H2;1H. The van der Waals surface area contributed by atoms with Gasteiger partial charge in [0, 0.05) is 17.3 Å². The molecule has 2 N–H and O–H groups in total. The number of hydrogen-bond acceptors (Lipinski definition) is 4. The highest BCUT2D eigenvalue weighted by molar-refractivity contribution is 5.85. The minimum absolute atomic E-state index is 0. The smallest absolute Gasteiger partial charge is 0.167 e. The minimum Gasteiger partial charge on any atom is -0.356 e. The van der Waals surface area contributed by atoms with Crippen LogP contribution in [0.1, 0.15) is 56.6 Å². The largest absolute Gasteiger partial charge is 0.356 e. The summed E-state index contributed by atoms with van der Waals surface area (Å²) >= 11 is 0. The highest BCUT2D eigenvalue weighted by atomic mass is 35.5. The fourth-order valence-corrected chi connectivity index (χ4v) is 4.50. The molecule has 0 unspecified atom stereocenters. The molecule has 0 atom stereocenters. The van der Waals surface area contributed by atoms with Crippen molar-refractivity contribution in [2.24, 2.45) is 11.7 Å². The maximum Gasteiger partial charge on any atom is 0.167 e. The van der Waals surface area contributed by atoms with Crippen LogP contribution in [0.3, 0.4) is 0 Å². The molecule has 1 aliphatic carbocycles. The third kappa shape index (κ3) is 4.38. The van der Waals surface area contributed by atoms with Gasteiger partial charge in [-0.3, -0.25) is 0 Å². The van der Waals surface area contributed by atoms with E-state index in [1.807, 2.05) is 0 Å². The summed E-state index contributed by atoms with van der Waals surface area (Å²) in [7, 11) is 0. The molecule has 26 heavy (non-hydrogen) atoms. The van der Waals surface area contributed by atoms with Crippen LogP contribution >= 0.6 is 12.4 Å². The highest BCUT2D eigenvalue weighted by Crippen LogP contribution is 2.33. The van der Waals surface area contributed by atoms with Crippen LogP contribution < -0.4 is 5.73 Å². The van der Waals surface area contributed by atoms with Gasteiger partial charge in [-0.2, -0.15) is 0 Å². The summed E-state index contributed by atoms with van der Waals surface area (Å²) in [5.74, 6) is 1.02. The first kappa shape index (κ1) is 19.6. The number of halogens is 2. The van der Waals surface area contributed by atoms with Gasteiger partial charge in [-0.25, -0.2) is 4.39 Å². The van der Waals surface area contributed by atoms with E-state index in [9.17, 15) is 4.39 Å². The fourth-order valence-electron chi connectivity index (χ4n) is 4.50. The molecule has 6 heteroatoms. The van der Waals surface area contributed by atoms with Gasteiger partial charge >= 0.3 is 0 Å². The van der Waals surface area contributed by atoms with Gasteiger partial charge in [0.1, 0.15) is 5.82 Å².